The highest BCUT2D eigenvalue weighted by Gasteiger charge is 2.10. The number of carboxylic acid groups (broad SMARTS) is 1. The number of aromatic carboxylic acids is 1. The number of carboxylic acids is 1. The fourth-order valence-corrected chi connectivity index (χ4v) is 2.08. The van der Waals surface area contributed by atoms with Gasteiger partial charge in [0.15, 0.2) is 0 Å². The molecule has 1 heterocycles. The summed E-state index contributed by atoms with van der Waals surface area (Å²) in [6.07, 6.45) is 2.75. The molecule has 18 heavy (non-hydrogen) atoms. The summed E-state index contributed by atoms with van der Waals surface area (Å²) in [6, 6.07) is 13.7. The summed E-state index contributed by atoms with van der Waals surface area (Å²) in [6.45, 7) is 2.89. The van der Waals surface area contributed by atoms with Gasteiger partial charge in [-0.05, 0) is 30.0 Å². The van der Waals surface area contributed by atoms with Gasteiger partial charge in [-0.2, -0.15) is 0 Å². The quantitative estimate of drug-likeness (QED) is 0.874. The van der Waals surface area contributed by atoms with E-state index in [2.05, 4.69) is 19.1 Å². The van der Waals surface area contributed by atoms with E-state index in [9.17, 15) is 4.79 Å². The van der Waals surface area contributed by atoms with Crippen LogP contribution in [0.1, 0.15) is 35.3 Å². The molecule has 1 unspecified atom stereocenters. The second kappa shape index (κ2) is 5.54. The van der Waals surface area contributed by atoms with Crippen LogP contribution >= 0.6 is 0 Å². The van der Waals surface area contributed by atoms with E-state index in [1.54, 1.807) is 16.7 Å². The number of rotatable bonds is 5. The van der Waals surface area contributed by atoms with Crippen molar-refractivity contribution in [3.05, 3.63) is 59.9 Å². The Morgan fingerprint density at radius 3 is 2.61 bits per heavy atom. The Hall–Kier alpha value is -2.03. The molecule has 0 aliphatic rings. The molecule has 0 fully saturated rings. The smallest absolute Gasteiger partial charge is 0.352 e. The van der Waals surface area contributed by atoms with Crippen LogP contribution in [0.25, 0.3) is 0 Å². The molecule has 0 bridgehead atoms. The molecule has 0 amide bonds. The van der Waals surface area contributed by atoms with E-state index in [1.165, 1.54) is 5.56 Å². The molecule has 0 aliphatic heterocycles. The SMILES string of the molecule is CC(CCn1cccc1C(=O)O)c1ccccc1. The van der Waals surface area contributed by atoms with E-state index in [1.807, 2.05) is 24.4 Å². The first-order valence-electron chi connectivity index (χ1n) is 6.12. The van der Waals surface area contributed by atoms with Gasteiger partial charge in [0, 0.05) is 12.7 Å². The van der Waals surface area contributed by atoms with Crippen molar-refractivity contribution in [2.24, 2.45) is 0 Å². The molecule has 3 heteroatoms. The summed E-state index contributed by atoms with van der Waals surface area (Å²) in [5, 5.41) is 9.02. The van der Waals surface area contributed by atoms with Gasteiger partial charge >= 0.3 is 5.97 Å². The van der Waals surface area contributed by atoms with Crippen molar-refractivity contribution in [3.8, 4) is 0 Å². The molecule has 94 valence electrons. The molecule has 1 aromatic heterocycles. The highest BCUT2D eigenvalue weighted by molar-refractivity contribution is 5.85. The first-order chi connectivity index (χ1) is 8.68. The maximum Gasteiger partial charge on any atom is 0.352 e. The molecule has 1 N–H and O–H groups in total. The van der Waals surface area contributed by atoms with Gasteiger partial charge in [0.05, 0.1) is 0 Å². The van der Waals surface area contributed by atoms with E-state index in [0.29, 0.717) is 11.6 Å². The summed E-state index contributed by atoms with van der Waals surface area (Å²) in [4.78, 5) is 11.0. The number of carbonyl (C=O) groups is 1. The normalized spacial score (nSPS) is 12.3. The van der Waals surface area contributed by atoms with Gasteiger partial charge in [-0.15, -0.1) is 0 Å². The average Bonchev–Trinajstić information content (AvgIpc) is 2.85. The van der Waals surface area contributed by atoms with Crippen molar-refractivity contribution < 1.29 is 9.90 Å². The lowest BCUT2D eigenvalue weighted by atomic mass is 9.98. The second-order valence-corrected chi connectivity index (χ2v) is 4.49. The van der Waals surface area contributed by atoms with Crippen LogP contribution < -0.4 is 0 Å². The monoisotopic (exact) mass is 243 g/mol. The van der Waals surface area contributed by atoms with Gasteiger partial charge < -0.3 is 9.67 Å². The minimum Gasteiger partial charge on any atom is -0.477 e. The first kappa shape index (κ1) is 12.4. The maximum atomic E-state index is 11.0. The Morgan fingerprint density at radius 2 is 1.94 bits per heavy atom. The van der Waals surface area contributed by atoms with Crippen LogP contribution in [-0.4, -0.2) is 15.6 Å². The third-order valence-corrected chi connectivity index (χ3v) is 3.22. The van der Waals surface area contributed by atoms with E-state index in [0.717, 1.165) is 13.0 Å². The van der Waals surface area contributed by atoms with Crippen LogP contribution in [0, 0.1) is 0 Å². The lowest BCUT2D eigenvalue weighted by Gasteiger charge is -2.13. The minimum atomic E-state index is -0.868. The summed E-state index contributed by atoms with van der Waals surface area (Å²) in [5.41, 5.74) is 1.65. The molecular formula is C15H17NO2. The molecule has 2 aromatic rings. The molecule has 0 radical (unpaired) electrons. The van der Waals surface area contributed by atoms with Crippen LogP contribution in [0.3, 0.4) is 0 Å². The van der Waals surface area contributed by atoms with Gasteiger partial charge in [0.1, 0.15) is 5.69 Å². The molecule has 1 atom stereocenters. The molecule has 0 saturated carbocycles. The summed E-state index contributed by atoms with van der Waals surface area (Å²) in [5.74, 6) is -0.442. The van der Waals surface area contributed by atoms with Crippen LogP contribution in [0.5, 0.6) is 0 Å². The zero-order valence-corrected chi connectivity index (χ0v) is 10.4. The number of benzene rings is 1. The van der Waals surface area contributed by atoms with Crippen molar-refractivity contribution in [3.63, 3.8) is 0 Å². The van der Waals surface area contributed by atoms with E-state index >= 15 is 0 Å². The molecule has 3 nitrogen and oxygen atoms in total. The van der Waals surface area contributed by atoms with Gasteiger partial charge in [0.2, 0.25) is 0 Å². The molecule has 0 spiro atoms. The van der Waals surface area contributed by atoms with E-state index in [4.69, 9.17) is 5.11 Å². The molecule has 0 saturated heterocycles. The lowest BCUT2D eigenvalue weighted by molar-refractivity contribution is 0.0685. The Labute approximate surface area is 107 Å². The lowest BCUT2D eigenvalue weighted by Crippen LogP contribution is -2.09. The Morgan fingerprint density at radius 1 is 1.22 bits per heavy atom. The summed E-state index contributed by atoms with van der Waals surface area (Å²) < 4.78 is 1.79. The van der Waals surface area contributed by atoms with Crippen molar-refractivity contribution in [2.45, 2.75) is 25.8 Å². The topological polar surface area (TPSA) is 42.2 Å². The van der Waals surface area contributed by atoms with Crippen LogP contribution in [-0.2, 0) is 6.54 Å². The highest BCUT2D eigenvalue weighted by atomic mass is 16.4. The Bertz CT molecular complexity index is 516. The number of aromatic nitrogens is 1. The van der Waals surface area contributed by atoms with Gasteiger partial charge in [-0.3, -0.25) is 0 Å². The largest absolute Gasteiger partial charge is 0.477 e. The number of hydrogen-bond acceptors (Lipinski definition) is 1. The van der Waals surface area contributed by atoms with Crippen LogP contribution in [0.2, 0.25) is 0 Å². The standard InChI is InChI=1S/C15H17NO2/c1-12(13-6-3-2-4-7-13)9-11-16-10-5-8-14(16)15(17)18/h2-8,10,12H,9,11H2,1H3,(H,17,18). The second-order valence-electron chi connectivity index (χ2n) is 4.49. The third kappa shape index (κ3) is 2.80. The molecular weight excluding hydrogens is 226 g/mol. The predicted octanol–water partition coefficient (Wildman–Crippen LogP) is 3.38. The Balaban J connectivity index is 1.99. The van der Waals surface area contributed by atoms with Crippen molar-refractivity contribution in [2.75, 3.05) is 0 Å². The van der Waals surface area contributed by atoms with E-state index < -0.39 is 5.97 Å². The molecule has 0 aliphatic carbocycles. The average molecular weight is 243 g/mol. The van der Waals surface area contributed by atoms with E-state index in [-0.39, 0.29) is 0 Å². The summed E-state index contributed by atoms with van der Waals surface area (Å²) in [7, 11) is 0. The summed E-state index contributed by atoms with van der Waals surface area (Å²) >= 11 is 0. The van der Waals surface area contributed by atoms with Crippen molar-refractivity contribution in [1.29, 1.82) is 0 Å². The first-order valence-corrected chi connectivity index (χ1v) is 6.12. The Kier molecular flexibility index (Phi) is 3.82. The minimum absolute atomic E-state index is 0.357. The van der Waals surface area contributed by atoms with Gasteiger partial charge in [-0.25, -0.2) is 4.79 Å². The van der Waals surface area contributed by atoms with Gasteiger partial charge in [-0.1, -0.05) is 37.3 Å². The van der Waals surface area contributed by atoms with Crippen LogP contribution in [0.4, 0.5) is 0 Å². The number of hydrogen-bond donors (Lipinski definition) is 1. The fraction of sp³-hybridized carbons (Fsp3) is 0.267. The predicted molar refractivity (Wildman–Crippen MR) is 70.9 cm³/mol. The molecule has 2 rings (SSSR count). The molecule has 1 aromatic carbocycles. The third-order valence-electron chi connectivity index (χ3n) is 3.22. The van der Waals surface area contributed by atoms with Crippen molar-refractivity contribution in [1.82, 2.24) is 4.57 Å². The maximum absolute atomic E-state index is 11.0. The number of nitrogens with zero attached hydrogens (tertiary/aromatic N) is 1. The van der Waals surface area contributed by atoms with Crippen molar-refractivity contribution >= 4 is 5.97 Å². The highest BCUT2D eigenvalue weighted by Crippen LogP contribution is 2.19. The zero-order valence-electron chi connectivity index (χ0n) is 10.4. The fourth-order valence-electron chi connectivity index (χ4n) is 2.08. The zero-order chi connectivity index (χ0) is 13.0. The van der Waals surface area contributed by atoms with Crippen LogP contribution in [0.15, 0.2) is 48.7 Å². The number of aryl methyl sites for hydroxylation is 1. The van der Waals surface area contributed by atoms with Gasteiger partial charge in [0.25, 0.3) is 0 Å².